The molecule has 148 valence electrons. The molecule has 0 aromatic heterocycles. The lowest BCUT2D eigenvalue weighted by Gasteiger charge is -2.37. The second-order valence-corrected chi connectivity index (χ2v) is 7.55. The van der Waals surface area contributed by atoms with Gasteiger partial charge in [0.25, 0.3) is 0 Å². The molecule has 0 aliphatic carbocycles. The van der Waals surface area contributed by atoms with Gasteiger partial charge in [0, 0.05) is 45.9 Å². The summed E-state index contributed by atoms with van der Waals surface area (Å²) in [5.41, 5.74) is 2.71. The Balaban J connectivity index is 1.51. The fourth-order valence-corrected chi connectivity index (χ4v) is 3.98. The van der Waals surface area contributed by atoms with Gasteiger partial charge in [-0.15, -0.1) is 0 Å². The molecule has 0 bridgehead atoms. The van der Waals surface area contributed by atoms with Gasteiger partial charge in [-0.25, -0.2) is 0 Å². The Kier molecular flexibility index (Phi) is 7.44. The van der Waals surface area contributed by atoms with Crippen molar-refractivity contribution >= 4 is 5.91 Å². The summed E-state index contributed by atoms with van der Waals surface area (Å²) in [7, 11) is 1.76. The smallest absolute Gasteiger partial charge is 0.246 e. The molecule has 1 amide bonds. The van der Waals surface area contributed by atoms with Crippen LogP contribution >= 0.6 is 0 Å². The third kappa shape index (κ3) is 5.64. The minimum atomic E-state index is 0.0925. The van der Waals surface area contributed by atoms with Crippen LogP contribution in [0.1, 0.15) is 17.5 Å². The van der Waals surface area contributed by atoms with Crippen LogP contribution in [-0.4, -0.2) is 74.9 Å². The molecule has 1 aromatic carbocycles. The van der Waals surface area contributed by atoms with Gasteiger partial charge >= 0.3 is 0 Å². The standard InChI is InChI=1S/C22H32N2O3/c1-18-6-3-4-7-19(18)16-20-9-11-24(17-21(20)26-2)22(25)8-5-10-23-12-14-27-15-13-23/h3-8,20-21H,9-17H2,1-2H3/b8-5+/t20-,21+/m1/s1. The van der Waals surface area contributed by atoms with Crippen LogP contribution in [0.25, 0.3) is 0 Å². The van der Waals surface area contributed by atoms with Gasteiger partial charge < -0.3 is 14.4 Å². The lowest BCUT2D eigenvalue weighted by atomic mass is 9.86. The molecule has 1 aromatic rings. The monoisotopic (exact) mass is 372 g/mol. The number of aryl methyl sites for hydroxylation is 1. The lowest BCUT2D eigenvalue weighted by Crippen LogP contribution is -2.47. The first kappa shape index (κ1) is 20.1. The molecule has 5 nitrogen and oxygen atoms in total. The van der Waals surface area contributed by atoms with Crippen molar-refractivity contribution in [3.63, 3.8) is 0 Å². The van der Waals surface area contributed by atoms with E-state index in [9.17, 15) is 4.79 Å². The van der Waals surface area contributed by atoms with E-state index in [1.165, 1.54) is 11.1 Å². The number of rotatable bonds is 6. The Hall–Kier alpha value is -1.69. The molecule has 5 heteroatoms. The van der Waals surface area contributed by atoms with Gasteiger partial charge in [0.2, 0.25) is 5.91 Å². The highest BCUT2D eigenvalue weighted by atomic mass is 16.5. The second kappa shape index (κ2) is 10.0. The van der Waals surface area contributed by atoms with E-state index in [0.29, 0.717) is 12.5 Å². The fourth-order valence-electron chi connectivity index (χ4n) is 3.98. The summed E-state index contributed by atoms with van der Waals surface area (Å²) in [6.45, 7) is 7.90. The summed E-state index contributed by atoms with van der Waals surface area (Å²) in [6, 6.07) is 8.54. The van der Waals surface area contributed by atoms with Crippen molar-refractivity contribution in [3.05, 3.63) is 47.5 Å². The predicted octanol–water partition coefficient (Wildman–Crippen LogP) is 2.29. The number of nitrogens with zero attached hydrogens (tertiary/aromatic N) is 2. The van der Waals surface area contributed by atoms with Gasteiger partial charge in [-0.2, -0.15) is 0 Å². The Morgan fingerprint density at radius 2 is 2.04 bits per heavy atom. The van der Waals surface area contributed by atoms with E-state index in [0.717, 1.165) is 52.2 Å². The second-order valence-electron chi connectivity index (χ2n) is 7.55. The normalized spacial score (nSPS) is 24.4. The number of methoxy groups -OCH3 is 1. The van der Waals surface area contributed by atoms with Crippen molar-refractivity contribution in [2.24, 2.45) is 5.92 Å². The number of piperidine rings is 1. The van der Waals surface area contributed by atoms with E-state index in [1.807, 2.05) is 11.0 Å². The maximum atomic E-state index is 12.6. The summed E-state index contributed by atoms with van der Waals surface area (Å²) in [6.07, 6.45) is 5.80. The van der Waals surface area contributed by atoms with Crippen LogP contribution in [0.3, 0.4) is 0 Å². The van der Waals surface area contributed by atoms with Crippen LogP contribution in [0, 0.1) is 12.8 Å². The molecular weight excluding hydrogens is 340 g/mol. The fraction of sp³-hybridized carbons (Fsp3) is 0.591. The van der Waals surface area contributed by atoms with Crippen LogP contribution in [0.15, 0.2) is 36.4 Å². The Labute approximate surface area is 162 Å². The molecule has 2 heterocycles. The first-order valence-electron chi connectivity index (χ1n) is 10.00. The van der Waals surface area contributed by atoms with E-state index < -0.39 is 0 Å². The minimum absolute atomic E-state index is 0.0925. The van der Waals surface area contributed by atoms with Crippen LogP contribution < -0.4 is 0 Å². The number of morpholine rings is 1. The molecule has 27 heavy (non-hydrogen) atoms. The third-order valence-corrected chi connectivity index (χ3v) is 5.78. The minimum Gasteiger partial charge on any atom is -0.379 e. The van der Waals surface area contributed by atoms with Gasteiger partial charge in [-0.1, -0.05) is 30.3 Å². The van der Waals surface area contributed by atoms with Crippen molar-refractivity contribution in [1.29, 1.82) is 0 Å². The van der Waals surface area contributed by atoms with Crippen molar-refractivity contribution in [2.45, 2.75) is 25.9 Å². The van der Waals surface area contributed by atoms with E-state index >= 15 is 0 Å². The molecule has 2 aliphatic rings. The molecule has 3 rings (SSSR count). The maximum Gasteiger partial charge on any atom is 0.246 e. The number of likely N-dealkylation sites (tertiary alicyclic amines) is 1. The van der Waals surface area contributed by atoms with E-state index in [4.69, 9.17) is 9.47 Å². The maximum absolute atomic E-state index is 12.6. The van der Waals surface area contributed by atoms with Crippen LogP contribution in [0.5, 0.6) is 0 Å². The van der Waals surface area contributed by atoms with E-state index in [1.54, 1.807) is 13.2 Å². The molecule has 2 atom stereocenters. The molecular formula is C22H32N2O3. The van der Waals surface area contributed by atoms with Gasteiger partial charge in [0.05, 0.1) is 19.3 Å². The van der Waals surface area contributed by atoms with E-state index in [2.05, 4.69) is 36.1 Å². The number of amides is 1. The molecule has 2 fully saturated rings. The Morgan fingerprint density at radius 1 is 1.26 bits per heavy atom. The number of hydrogen-bond acceptors (Lipinski definition) is 4. The zero-order valence-electron chi connectivity index (χ0n) is 16.6. The number of hydrogen-bond donors (Lipinski definition) is 0. The average molecular weight is 373 g/mol. The van der Waals surface area contributed by atoms with Crippen LogP contribution in [0.2, 0.25) is 0 Å². The molecule has 2 aliphatic heterocycles. The zero-order chi connectivity index (χ0) is 19.1. The highest BCUT2D eigenvalue weighted by Crippen LogP contribution is 2.25. The zero-order valence-corrected chi connectivity index (χ0v) is 16.6. The summed E-state index contributed by atoms with van der Waals surface area (Å²) in [4.78, 5) is 16.8. The predicted molar refractivity (Wildman–Crippen MR) is 107 cm³/mol. The number of benzene rings is 1. The number of carbonyl (C=O) groups excluding carboxylic acids is 1. The van der Waals surface area contributed by atoms with Crippen LogP contribution in [0.4, 0.5) is 0 Å². The van der Waals surface area contributed by atoms with E-state index in [-0.39, 0.29) is 12.0 Å². The Morgan fingerprint density at radius 3 is 2.78 bits per heavy atom. The Bertz CT molecular complexity index is 640. The van der Waals surface area contributed by atoms with Gasteiger partial charge in [-0.3, -0.25) is 9.69 Å². The summed E-state index contributed by atoms with van der Waals surface area (Å²) in [5, 5.41) is 0. The van der Waals surface area contributed by atoms with Crippen molar-refractivity contribution in [2.75, 3.05) is 53.0 Å². The SMILES string of the molecule is CO[C@H]1CN(C(=O)/C=C/CN2CCOCC2)CC[C@@H]1Cc1ccccc1C. The molecule has 0 radical (unpaired) electrons. The van der Waals surface area contributed by atoms with Gasteiger partial charge in [0.1, 0.15) is 0 Å². The topological polar surface area (TPSA) is 42.0 Å². The van der Waals surface area contributed by atoms with Crippen molar-refractivity contribution in [3.8, 4) is 0 Å². The first-order chi connectivity index (χ1) is 13.2. The van der Waals surface area contributed by atoms with Crippen molar-refractivity contribution < 1.29 is 14.3 Å². The first-order valence-corrected chi connectivity index (χ1v) is 10.00. The lowest BCUT2D eigenvalue weighted by molar-refractivity contribution is -0.131. The van der Waals surface area contributed by atoms with Crippen LogP contribution in [-0.2, 0) is 20.7 Å². The number of ether oxygens (including phenoxy) is 2. The molecule has 0 spiro atoms. The molecule has 0 N–H and O–H groups in total. The summed E-state index contributed by atoms with van der Waals surface area (Å²) < 4.78 is 11.1. The molecule has 0 saturated carbocycles. The number of carbonyl (C=O) groups is 1. The third-order valence-electron chi connectivity index (χ3n) is 5.78. The van der Waals surface area contributed by atoms with Crippen molar-refractivity contribution in [1.82, 2.24) is 9.80 Å². The average Bonchev–Trinajstić information content (AvgIpc) is 2.70. The van der Waals surface area contributed by atoms with Gasteiger partial charge in [0.15, 0.2) is 0 Å². The highest BCUT2D eigenvalue weighted by Gasteiger charge is 2.31. The molecule has 0 unspecified atom stereocenters. The highest BCUT2D eigenvalue weighted by molar-refractivity contribution is 5.87. The largest absolute Gasteiger partial charge is 0.379 e. The summed E-state index contributed by atoms with van der Waals surface area (Å²) in [5.74, 6) is 0.553. The van der Waals surface area contributed by atoms with Gasteiger partial charge in [-0.05, 0) is 36.8 Å². The molecule has 2 saturated heterocycles. The quantitative estimate of drug-likeness (QED) is 0.719. The summed E-state index contributed by atoms with van der Waals surface area (Å²) >= 11 is 0.